The lowest BCUT2D eigenvalue weighted by molar-refractivity contribution is 0.0767. The third kappa shape index (κ3) is 3.39. The fourth-order valence-electron chi connectivity index (χ4n) is 4.97. The highest BCUT2D eigenvalue weighted by Crippen LogP contribution is 2.56. The zero-order chi connectivity index (χ0) is 22.5. The van der Waals surface area contributed by atoms with Crippen LogP contribution in [0.3, 0.4) is 0 Å². The smallest absolute Gasteiger partial charge is 0.249 e. The van der Waals surface area contributed by atoms with Gasteiger partial charge < -0.3 is 15.2 Å². The molecule has 1 saturated carbocycles. The first kappa shape index (κ1) is 20.8. The van der Waals surface area contributed by atoms with Gasteiger partial charge in [-0.15, -0.1) is 0 Å². The Morgan fingerprint density at radius 3 is 2.66 bits per heavy atom. The number of likely N-dealkylation sites (N-methyl/N-ethyl adjacent to an activating group) is 1. The molecule has 6 heteroatoms. The number of benzene rings is 2. The van der Waals surface area contributed by atoms with Gasteiger partial charge in [0, 0.05) is 28.5 Å². The molecule has 3 aromatic rings. The summed E-state index contributed by atoms with van der Waals surface area (Å²) in [4.78, 5) is 19.2. The quantitative estimate of drug-likeness (QED) is 0.615. The average Bonchev–Trinajstić information content (AvgIpc) is 3.59. The highest BCUT2D eigenvalue weighted by Gasteiger charge is 2.48. The molecule has 5 rings (SSSR count). The summed E-state index contributed by atoms with van der Waals surface area (Å²) in [6.45, 7) is 3.70. The van der Waals surface area contributed by atoms with Crippen LogP contribution >= 0.6 is 0 Å². The molecule has 1 amide bonds. The minimum atomic E-state index is -0.421. The van der Waals surface area contributed by atoms with Crippen molar-refractivity contribution in [3.8, 4) is 11.6 Å². The molecule has 2 fully saturated rings. The monoisotopic (exact) mass is 431 g/mol. The van der Waals surface area contributed by atoms with Gasteiger partial charge in [0.1, 0.15) is 12.4 Å². The maximum atomic E-state index is 12.3. The number of carbonyl (C=O) groups is 1. The molecule has 2 aliphatic rings. The van der Waals surface area contributed by atoms with E-state index in [1.54, 1.807) is 13.2 Å². The molecule has 0 radical (unpaired) electrons. The molecule has 32 heavy (non-hydrogen) atoms. The molecule has 2 aromatic carbocycles. The summed E-state index contributed by atoms with van der Waals surface area (Å²) >= 11 is 0. The van der Waals surface area contributed by atoms with Gasteiger partial charge in [-0.1, -0.05) is 12.1 Å². The van der Waals surface area contributed by atoms with Crippen LogP contribution in [0.25, 0.3) is 10.9 Å². The highest BCUT2D eigenvalue weighted by atomic mass is 16.5. The molecular weight excluding hydrogens is 402 g/mol. The number of methoxy groups -OCH3 is 1. The van der Waals surface area contributed by atoms with Crippen molar-refractivity contribution >= 4 is 16.8 Å². The molecule has 1 saturated heterocycles. The molecule has 1 atom stereocenters. The van der Waals surface area contributed by atoms with Crippen LogP contribution in [0.4, 0.5) is 0 Å². The third-order valence-electron chi connectivity index (χ3n) is 7.22. The minimum absolute atomic E-state index is 0.170. The van der Waals surface area contributed by atoms with Crippen molar-refractivity contribution in [3.63, 3.8) is 0 Å². The number of rotatable bonds is 7. The summed E-state index contributed by atoms with van der Waals surface area (Å²) < 4.78 is 11.5. The first-order valence-electron chi connectivity index (χ1n) is 11.1. The topological polar surface area (TPSA) is 77.7 Å². The molecule has 1 aromatic heterocycles. The molecule has 1 aliphatic carbocycles. The lowest BCUT2D eigenvalue weighted by Gasteiger charge is -2.37. The Hall–Kier alpha value is -3.12. The van der Waals surface area contributed by atoms with Crippen LogP contribution in [-0.2, 0) is 5.41 Å². The van der Waals surface area contributed by atoms with Gasteiger partial charge in [-0.2, -0.15) is 0 Å². The first-order valence-corrected chi connectivity index (χ1v) is 11.1. The van der Waals surface area contributed by atoms with Gasteiger partial charge in [-0.3, -0.25) is 9.69 Å². The second-order valence-corrected chi connectivity index (χ2v) is 9.05. The standard InChI is InChI=1S/C26H29N3O3/c1-16-20(25(27)30)13-18(32-15-17-9-12-29(17)2)14-22(16)26(10-11-26)21-5-4-6-23-19(21)7-8-24(28-23)31-3/h4-8,13-14,17H,9-12,15H2,1-3H3,(H2,27,30). The van der Waals surface area contributed by atoms with Crippen LogP contribution in [0.2, 0.25) is 0 Å². The van der Waals surface area contributed by atoms with Crippen LogP contribution in [0.1, 0.15) is 46.3 Å². The molecular formula is C26H29N3O3. The fraction of sp³-hybridized carbons (Fsp3) is 0.385. The number of hydrogen-bond donors (Lipinski definition) is 1. The van der Waals surface area contributed by atoms with Crippen molar-refractivity contribution in [1.29, 1.82) is 0 Å². The molecule has 1 unspecified atom stereocenters. The fourth-order valence-corrected chi connectivity index (χ4v) is 4.97. The Morgan fingerprint density at radius 2 is 2.03 bits per heavy atom. The van der Waals surface area contributed by atoms with Gasteiger partial charge in [0.05, 0.1) is 12.6 Å². The summed E-state index contributed by atoms with van der Waals surface area (Å²) in [6, 6.07) is 14.5. The van der Waals surface area contributed by atoms with Gasteiger partial charge in [-0.25, -0.2) is 4.98 Å². The van der Waals surface area contributed by atoms with E-state index in [-0.39, 0.29) is 5.41 Å². The molecule has 2 N–H and O–H groups in total. The predicted octanol–water partition coefficient (Wildman–Crippen LogP) is 3.81. The van der Waals surface area contributed by atoms with Crippen molar-refractivity contribution in [3.05, 3.63) is 64.7 Å². The van der Waals surface area contributed by atoms with E-state index in [9.17, 15) is 4.79 Å². The summed E-state index contributed by atoms with van der Waals surface area (Å²) in [5.74, 6) is 0.893. The van der Waals surface area contributed by atoms with Crippen LogP contribution in [-0.4, -0.2) is 49.1 Å². The van der Waals surface area contributed by atoms with Crippen molar-refractivity contribution in [1.82, 2.24) is 9.88 Å². The van der Waals surface area contributed by atoms with Gasteiger partial charge in [0.15, 0.2) is 0 Å². The van der Waals surface area contributed by atoms with E-state index in [0.29, 0.717) is 29.8 Å². The zero-order valence-corrected chi connectivity index (χ0v) is 18.9. The number of carbonyl (C=O) groups excluding carboxylic acids is 1. The van der Waals surface area contributed by atoms with Crippen LogP contribution in [0.5, 0.6) is 11.6 Å². The maximum Gasteiger partial charge on any atom is 0.249 e. The largest absolute Gasteiger partial charge is 0.492 e. The van der Waals surface area contributed by atoms with Crippen LogP contribution in [0, 0.1) is 6.92 Å². The van der Waals surface area contributed by atoms with E-state index in [2.05, 4.69) is 35.1 Å². The number of amides is 1. The van der Waals surface area contributed by atoms with Gasteiger partial charge in [-0.05, 0) is 80.7 Å². The number of nitrogens with zero attached hydrogens (tertiary/aromatic N) is 2. The number of aromatic nitrogens is 1. The number of ether oxygens (including phenoxy) is 2. The first-order chi connectivity index (χ1) is 15.4. The SMILES string of the molecule is COc1ccc2c(C3(c4cc(OCC5CCN5C)cc(C(N)=O)c4C)CC3)cccc2n1. The van der Waals surface area contributed by atoms with Crippen molar-refractivity contribution in [2.75, 3.05) is 27.3 Å². The van der Waals surface area contributed by atoms with Gasteiger partial charge in [0.2, 0.25) is 11.8 Å². The number of primary amides is 1. The van der Waals surface area contributed by atoms with Gasteiger partial charge in [0.25, 0.3) is 0 Å². The number of pyridine rings is 1. The zero-order valence-electron chi connectivity index (χ0n) is 18.9. The molecule has 0 spiro atoms. The van der Waals surface area contributed by atoms with Crippen molar-refractivity contribution in [2.24, 2.45) is 5.73 Å². The average molecular weight is 432 g/mol. The highest BCUT2D eigenvalue weighted by molar-refractivity contribution is 5.95. The van der Waals surface area contributed by atoms with E-state index in [0.717, 1.165) is 47.8 Å². The van der Waals surface area contributed by atoms with E-state index < -0.39 is 5.91 Å². The Balaban J connectivity index is 1.59. The van der Waals surface area contributed by atoms with Crippen LogP contribution in [0.15, 0.2) is 42.5 Å². The lowest BCUT2D eigenvalue weighted by atomic mass is 9.82. The van der Waals surface area contributed by atoms with Gasteiger partial charge >= 0.3 is 0 Å². The minimum Gasteiger partial charge on any atom is -0.492 e. The van der Waals surface area contributed by atoms with E-state index in [4.69, 9.17) is 15.2 Å². The summed E-state index contributed by atoms with van der Waals surface area (Å²) in [7, 11) is 3.73. The van der Waals surface area contributed by atoms with Crippen molar-refractivity contribution < 1.29 is 14.3 Å². The molecule has 6 nitrogen and oxygen atoms in total. The molecule has 2 heterocycles. The predicted molar refractivity (Wildman–Crippen MR) is 125 cm³/mol. The Bertz CT molecular complexity index is 1200. The molecule has 166 valence electrons. The number of likely N-dealkylation sites (tertiary alicyclic amines) is 1. The van der Waals surface area contributed by atoms with Crippen molar-refractivity contribution in [2.45, 2.75) is 37.6 Å². The summed E-state index contributed by atoms with van der Waals surface area (Å²) in [5, 5.41) is 1.10. The summed E-state index contributed by atoms with van der Waals surface area (Å²) in [5.41, 5.74) is 10.3. The second-order valence-electron chi connectivity index (χ2n) is 9.05. The molecule has 1 aliphatic heterocycles. The summed E-state index contributed by atoms with van der Waals surface area (Å²) in [6.07, 6.45) is 3.15. The Morgan fingerprint density at radius 1 is 1.22 bits per heavy atom. The Labute approximate surface area is 188 Å². The maximum absolute atomic E-state index is 12.3. The normalized spacial score (nSPS) is 19.4. The van der Waals surface area contributed by atoms with E-state index in [1.165, 1.54) is 5.56 Å². The van der Waals surface area contributed by atoms with E-state index in [1.807, 2.05) is 25.1 Å². The van der Waals surface area contributed by atoms with Crippen LogP contribution < -0.4 is 15.2 Å². The number of nitrogens with two attached hydrogens (primary N) is 1. The number of hydrogen-bond acceptors (Lipinski definition) is 5. The Kier molecular flexibility index (Phi) is 5.05. The lowest BCUT2D eigenvalue weighted by Crippen LogP contribution is -2.48. The third-order valence-corrected chi connectivity index (χ3v) is 7.22. The second kappa shape index (κ2) is 7.78. The van der Waals surface area contributed by atoms with E-state index >= 15 is 0 Å². The molecule has 0 bridgehead atoms. The number of fused-ring (bicyclic) bond motifs is 1.